The fraction of sp³-hybridized carbons (Fsp3) is 0.300. The lowest BCUT2D eigenvalue weighted by molar-refractivity contribution is 0.0951. The summed E-state index contributed by atoms with van der Waals surface area (Å²) in [7, 11) is 1.58. The third-order valence-corrected chi connectivity index (χ3v) is 4.81. The molecule has 1 fully saturated rings. The molecule has 1 saturated heterocycles. The van der Waals surface area contributed by atoms with E-state index in [2.05, 4.69) is 15.3 Å². The molecule has 8 heteroatoms. The second-order valence-corrected chi connectivity index (χ2v) is 6.50. The SMILES string of the molecule is COc1ccc([C@@H](C)[C@H](N=[N+]=[N-])C(=O)c2cccc(C3COC(=O)N3)c2)cc1. The maximum Gasteiger partial charge on any atom is 0.407 e. The first-order chi connectivity index (χ1) is 13.5. The predicted molar refractivity (Wildman–Crippen MR) is 102 cm³/mol. The van der Waals surface area contributed by atoms with E-state index in [0.29, 0.717) is 11.3 Å². The molecule has 0 aromatic heterocycles. The molecule has 1 aliphatic heterocycles. The standard InChI is InChI=1S/C20H20N4O4/c1-12(13-6-8-16(27-2)9-7-13)18(23-24-21)19(25)15-5-3-4-14(10-15)17-11-28-20(26)22-17/h3-10,12,17-18H,11H2,1-2H3,(H,22,26)/t12-,17?,18+/m1/s1. The topological polar surface area (TPSA) is 113 Å². The molecule has 0 bridgehead atoms. The van der Waals surface area contributed by atoms with Crippen LogP contribution in [0.25, 0.3) is 10.4 Å². The second kappa shape index (κ2) is 8.45. The smallest absolute Gasteiger partial charge is 0.407 e. The molecule has 8 nitrogen and oxygen atoms in total. The van der Waals surface area contributed by atoms with Gasteiger partial charge >= 0.3 is 6.09 Å². The van der Waals surface area contributed by atoms with Crippen molar-refractivity contribution in [3.05, 3.63) is 75.7 Å². The van der Waals surface area contributed by atoms with Crippen molar-refractivity contribution < 1.29 is 19.1 Å². The van der Waals surface area contributed by atoms with Gasteiger partial charge in [-0.1, -0.05) is 42.4 Å². The summed E-state index contributed by atoms with van der Waals surface area (Å²) in [5.74, 6) is 0.0943. The maximum absolute atomic E-state index is 13.1. The molecule has 144 valence electrons. The molecule has 3 atom stereocenters. The monoisotopic (exact) mass is 380 g/mol. The first-order valence-corrected chi connectivity index (χ1v) is 8.79. The highest BCUT2D eigenvalue weighted by Gasteiger charge is 2.28. The number of carbonyl (C=O) groups excluding carboxylic acids is 2. The number of ketones is 1. The zero-order valence-electron chi connectivity index (χ0n) is 15.5. The minimum Gasteiger partial charge on any atom is -0.497 e. The average Bonchev–Trinajstić information content (AvgIpc) is 3.17. The summed E-state index contributed by atoms with van der Waals surface area (Å²) < 4.78 is 10.1. The number of carbonyl (C=O) groups is 2. The molecule has 0 spiro atoms. The van der Waals surface area contributed by atoms with E-state index in [4.69, 9.17) is 15.0 Å². The number of ether oxygens (including phenoxy) is 2. The number of Topliss-reactive ketones (excluding diaryl/α,β-unsaturated/α-hetero) is 1. The van der Waals surface area contributed by atoms with Gasteiger partial charge in [0.25, 0.3) is 0 Å². The molecule has 0 aliphatic carbocycles. The van der Waals surface area contributed by atoms with Gasteiger partial charge in [0.2, 0.25) is 0 Å². The van der Waals surface area contributed by atoms with Crippen LogP contribution in [0.3, 0.4) is 0 Å². The normalized spacial score (nSPS) is 17.6. The summed E-state index contributed by atoms with van der Waals surface area (Å²) in [5, 5.41) is 6.45. The van der Waals surface area contributed by atoms with E-state index in [-0.39, 0.29) is 24.3 Å². The fourth-order valence-electron chi connectivity index (χ4n) is 3.17. The van der Waals surface area contributed by atoms with Crippen LogP contribution in [0, 0.1) is 0 Å². The van der Waals surface area contributed by atoms with Gasteiger partial charge in [0.05, 0.1) is 13.2 Å². The Balaban J connectivity index is 1.86. The Morgan fingerprint density at radius 2 is 2.07 bits per heavy atom. The van der Waals surface area contributed by atoms with Crippen molar-refractivity contribution in [3.63, 3.8) is 0 Å². The van der Waals surface area contributed by atoms with Crippen molar-refractivity contribution in [2.45, 2.75) is 24.9 Å². The molecule has 1 amide bonds. The van der Waals surface area contributed by atoms with Crippen LogP contribution in [0.4, 0.5) is 4.79 Å². The second-order valence-electron chi connectivity index (χ2n) is 6.50. The zero-order chi connectivity index (χ0) is 20.1. The number of benzene rings is 2. The molecule has 1 N–H and O–H groups in total. The molecule has 0 saturated carbocycles. The molecular formula is C20H20N4O4. The highest BCUT2D eigenvalue weighted by Crippen LogP contribution is 2.27. The zero-order valence-corrected chi connectivity index (χ0v) is 15.5. The van der Waals surface area contributed by atoms with Crippen LogP contribution in [0.1, 0.15) is 40.4 Å². The third-order valence-electron chi connectivity index (χ3n) is 4.81. The van der Waals surface area contributed by atoms with E-state index in [0.717, 1.165) is 11.1 Å². The van der Waals surface area contributed by atoms with Gasteiger partial charge in [-0.05, 0) is 40.8 Å². The van der Waals surface area contributed by atoms with Gasteiger partial charge in [0, 0.05) is 10.5 Å². The van der Waals surface area contributed by atoms with Crippen LogP contribution in [0.5, 0.6) is 5.75 Å². The van der Waals surface area contributed by atoms with Crippen molar-refractivity contribution in [1.29, 1.82) is 0 Å². The number of nitrogens with one attached hydrogen (secondary N) is 1. The van der Waals surface area contributed by atoms with Crippen molar-refractivity contribution in [2.24, 2.45) is 5.11 Å². The summed E-state index contributed by atoms with van der Waals surface area (Å²) >= 11 is 0. The van der Waals surface area contributed by atoms with Gasteiger partial charge in [0.15, 0.2) is 5.78 Å². The number of nitrogens with zero attached hydrogens (tertiary/aromatic N) is 3. The van der Waals surface area contributed by atoms with Gasteiger partial charge in [0.1, 0.15) is 18.4 Å². The van der Waals surface area contributed by atoms with Crippen LogP contribution >= 0.6 is 0 Å². The van der Waals surface area contributed by atoms with E-state index < -0.39 is 12.1 Å². The van der Waals surface area contributed by atoms with Crippen LogP contribution in [0.2, 0.25) is 0 Å². The molecule has 1 heterocycles. The predicted octanol–water partition coefficient (Wildman–Crippen LogP) is 4.14. The molecule has 1 aliphatic rings. The number of hydrogen-bond acceptors (Lipinski definition) is 5. The Bertz CT molecular complexity index is 922. The lowest BCUT2D eigenvalue weighted by atomic mass is 9.88. The summed E-state index contributed by atoms with van der Waals surface area (Å²) in [6.07, 6.45) is -0.484. The van der Waals surface area contributed by atoms with Gasteiger partial charge in [-0.25, -0.2) is 4.79 Å². The Morgan fingerprint density at radius 1 is 1.32 bits per heavy atom. The van der Waals surface area contributed by atoms with Gasteiger partial charge in [-0.2, -0.15) is 0 Å². The van der Waals surface area contributed by atoms with Crippen LogP contribution < -0.4 is 10.1 Å². The summed E-state index contributed by atoms with van der Waals surface area (Å²) in [6.45, 7) is 2.05. The number of rotatable bonds is 7. The average molecular weight is 380 g/mol. The molecule has 2 aromatic rings. The molecule has 2 aromatic carbocycles. The molecule has 0 radical (unpaired) electrons. The highest BCUT2D eigenvalue weighted by molar-refractivity contribution is 6.01. The highest BCUT2D eigenvalue weighted by atomic mass is 16.6. The fourth-order valence-corrected chi connectivity index (χ4v) is 3.17. The lowest BCUT2D eigenvalue weighted by Crippen LogP contribution is -2.25. The van der Waals surface area contributed by atoms with E-state index in [1.165, 1.54) is 0 Å². The Labute approximate surface area is 162 Å². The summed E-state index contributed by atoms with van der Waals surface area (Å²) in [6, 6.07) is 13.0. The number of cyclic esters (lactones) is 1. The largest absolute Gasteiger partial charge is 0.497 e. The molecule has 28 heavy (non-hydrogen) atoms. The van der Waals surface area contributed by atoms with E-state index in [9.17, 15) is 9.59 Å². The van der Waals surface area contributed by atoms with Crippen molar-refractivity contribution in [2.75, 3.05) is 13.7 Å². The molecule has 3 rings (SSSR count). The Hall–Kier alpha value is -3.51. The summed E-state index contributed by atoms with van der Waals surface area (Å²) in [5.41, 5.74) is 11.0. The van der Waals surface area contributed by atoms with Gasteiger partial charge in [-0.15, -0.1) is 0 Å². The number of methoxy groups -OCH3 is 1. The minimum absolute atomic E-state index is 0.207. The number of azide groups is 1. The Morgan fingerprint density at radius 3 is 2.68 bits per heavy atom. The number of hydrogen-bond donors (Lipinski definition) is 1. The van der Waals surface area contributed by atoms with Crippen molar-refractivity contribution in [3.8, 4) is 5.75 Å². The van der Waals surface area contributed by atoms with Gasteiger partial charge < -0.3 is 14.8 Å². The minimum atomic E-state index is -0.900. The van der Waals surface area contributed by atoms with Crippen LogP contribution in [-0.4, -0.2) is 31.6 Å². The van der Waals surface area contributed by atoms with Gasteiger partial charge in [-0.3, -0.25) is 4.79 Å². The summed E-state index contributed by atoms with van der Waals surface area (Å²) in [4.78, 5) is 27.2. The number of alkyl carbamates (subject to hydrolysis) is 1. The molecular weight excluding hydrogens is 360 g/mol. The van der Waals surface area contributed by atoms with Crippen LogP contribution in [-0.2, 0) is 4.74 Å². The first-order valence-electron chi connectivity index (χ1n) is 8.79. The van der Waals surface area contributed by atoms with Crippen molar-refractivity contribution >= 4 is 11.9 Å². The van der Waals surface area contributed by atoms with E-state index in [1.54, 1.807) is 37.4 Å². The Kier molecular flexibility index (Phi) is 5.81. The first kappa shape index (κ1) is 19.3. The number of amides is 1. The lowest BCUT2D eigenvalue weighted by Gasteiger charge is -2.20. The van der Waals surface area contributed by atoms with Crippen molar-refractivity contribution in [1.82, 2.24) is 5.32 Å². The molecule has 1 unspecified atom stereocenters. The quantitative estimate of drug-likeness (QED) is 0.336. The third kappa shape index (κ3) is 4.07. The van der Waals surface area contributed by atoms with E-state index in [1.807, 2.05) is 25.1 Å². The maximum atomic E-state index is 13.1. The van der Waals surface area contributed by atoms with E-state index >= 15 is 0 Å². The van der Waals surface area contributed by atoms with Crippen LogP contribution in [0.15, 0.2) is 53.6 Å².